The minimum atomic E-state index is -0.646. The molecule has 0 saturated heterocycles. The number of phenols is 1. The van der Waals surface area contributed by atoms with Crippen LogP contribution in [-0.2, 0) is 6.61 Å². The third-order valence-corrected chi connectivity index (χ3v) is 2.39. The van der Waals surface area contributed by atoms with Crippen molar-refractivity contribution in [3.63, 3.8) is 0 Å². The van der Waals surface area contributed by atoms with E-state index in [1.54, 1.807) is 24.3 Å². The second kappa shape index (κ2) is 4.33. The summed E-state index contributed by atoms with van der Waals surface area (Å²) in [5.74, 6) is -1.01. The molecule has 0 atom stereocenters. The minimum Gasteiger partial charge on any atom is -0.505 e. The van der Waals surface area contributed by atoms with Gasteiger partial charge in [-0.05, 0) is 34.9 Å². The first-order valence-electron chi connectivity index (χ1n) is 4.89. The fraction of sp³-hybridized carbons (Fsp3) is 0.0769. The molecule has 2 aromatic carbocycles. The van der Waals surface area contributed by atoms with Gasteiger partial charge >= 0.3 is 0 Å². The second-order valence-corrected chi connectivity index (χ2v) is 3.52. The molecule has 0 saturated carbocycles. The van der Waals surface area contributed by atoms with Gasteiger partial charge in [0.15, 0.2) is 11.6 Å². The molecule has 0 aliphatic carbocycles. The fourth-order valence-electron chi connectivity index (χ4n) is 1.54. The maximum Gasteiger partial charge on any atom is 0.165 e. The van der Waals surface area contributed by atoms with E-state index in [-0.39, 0.29) is 12.4 Å². The van der Waals surface area contributed by atoms with E-state index < -0.39 is 5.82 Å². The number of benzene rings is 2. The molecular formula is C13H11FO2. The molecule has 0 heterocycles. The molecule has 0 amide bonds. The van der Waals surface area contributed by atoms with Crippen LogP contribution >= 0.6 is 0 Å². The van der Waals surface area contributed by atoms with Crippen LogP contribution in [0.25, 0.3) is 11.1 Å². The summed E-state index contributed by atoms with van der Waals surface area (Å²) in [4.78, 5) is 0. The highest BCUT2D eigenvalue weighted by atomic mass is 19.1. The van der Waals surface area contributed by atoms with Gasteiger partial charge in [0.05, 0.1) is 6.61 Å². The topological polar surface area (TPSA) is 40.5 Å². The molecule has 3 heteroatoms. The largest absolute Gasteiger partial charge is 0.505 e. The van der Waals surface area contributed by atoms with E-state index in [0.29, 0.717) is 5.56 Å². The minimum absolute atomic E-state index is 0.0472. The van der Waals surface area contributed by atoms with Gasteiger partial charge in [0.2, 0.25) is 0 Å². The molecule has 0 unspecified atom stereocenters. The Morgan fingerprint density at radius 3 is 2.44 bits per heavy atom. The Kier molecular flexibility index (Phi) is 2.88. The normalized spacial score (nSPS) is 10.4. The highest BCUT2D eigenvalue weighted by Crippen LogP contribution is 2.25. The monoisotopic (exact) mass is 218 g/mol. The Labute approximate surface area is 92.6 Å². The molecule has 0 aliphatic rings. The molecule has 2 nitrogen and oxygen atoms in total. The standard InChI is InChI=1S/C13H11FO2/c14-12-7-11(4-5-13(12)16)10-3-1-2-9(6-10)8-15/h1-7,15-16H,8H2. The van der Waals surface area contributed by atoms with Crippen LogP contribution in [-0.4, -0.2) is 10.2 Å². The van der Waals surface area contributed by atoms with E-state index in [1.165, 1.54) is 12.1 Å². The highest BCUT2D eigenvalue weighted by molar-refractivity contribution is 5.65. The van der Waals surface area contributed by atoms with Crippen LogP contribution in [0.3, 0.4) is 0 Å². The Bertz CT molecular complexity index is 509. The van der Waals surface area contributed by atoms with Gasteiger partial charge in [0, 0.05) is 0 Å². The predicted molar refractivity (Wildman–Crippen MR) is 59.4 cm³/mol. The lowest BCUT2D eigenvalue weighted by Crippen LogP contribution is -1.85. The van der Waals surface area contributed by atoms with Crippen LogP contribution in [0.1, 0.15) is 5.56 Å². The molecule has 2 aromatic rings. The molecular weight excluding hydrogens is 207 g/mol. The van der Waals surface area contributed by atoms with Gasteiger partial charge in [-0.3, -0.25) is 0 Å². The quantitative estimate of drug-likeness (QED) is 0.813. The summed E-state index contributed by atoms with van der Waals surface area (Å²) in [6.45, 7) is -0.0472. The zero-order valence-electron chi connectivity index (χ0n) is 8.52. The van der Waals surface area contributed by atoms with Crippen molar-refractivity contribution in [2.75, 3.05) is 0 Å². The van der Waals surface area contributed by atoms with E-state index >= 15 is 0 Å². The number of hydrogen-bond acceptors (Lipinski definition) is 2. The number of phenolic OH excluding ortho intramolecular Hbond substituents is 1. The van der Waals surface area contributed by atoms with Crippen molar-refractivity contribution in [3.05, 3.63) is 53.8 Å². The molecule has 0 spiro atoms. The summed E-state index contributed by atoms with van der Waals surface area (Å²) in [6.07, 6.45) is 0. The first-order chi connectivity index (χ1) is 7.70. The summed E-state index contributed by atoms with van der Waals surface area (Å²) >= 11 is 0. The first kappa shape index (κ1) is 10.6. The number of aromatic hydroxyl groups is 1. The average Bonchev–Trinajstić information content (AvgIpc) is 2.33. The number of hydrogen-bond donors (Lipinski definition) is 2. The molecule has 0 radical (unpaired) electrons. The third kappa shape index (κ3) is 2.04. The lowest BCUT2D eigenvalue weighted by atomic mass is 10.0. The average molecular weight is 218 g/mol. The van der Waals surface area contributed by atoms with Crippen molar-refractivity contribution in [2.24, 2.45) is 0 Å². The third-order valence-electron chi connectivity index (χ3n) is 2.39. The van der Waals surface area contributed by atoms with Crippen LogP contribution in [0.4, 0.5) is 4.39 Å². The number of aliphatic hydroxyl groups excluding tert-OH is 1. The molecule has 2 N–H and O–H groups in total. The SMILES string of the molecule is OCc1cccc(-c2ccc(O)c(F)c2)c1. The van der Waals surface area contributed by atoms with E-state index in [9.17, 15) is 4.39 Å². The molecule has 0 aromatic heterocycles. The molecule has 0 aliphatic heterocycles. The lowest BCUT2D eigenvalue weighted by molar-refractivity contribution is 0.282. The van der Waals surface area contributed by atoms with Crippen LogP contribution in [0.2, 0.25) is 0 Å². The van der Waals surface area contributed by atoms with Gasteiger partial charge in [-0.1, -0.05) is 24.3 Å². The predicted octanol–water partition coefficient (Wildman–Crippen LogP) is 2.69. The van der Waals surface area contributed by atoms with Gasteiger partial charge in [0.1, 0.15) is 0 Å². The van der Waals surface area contributed by atoms with Crippen molar-refractivity contribution in [1.29, 1.82) is 0 Å². The van der Waals surface area contributed by atoms with E-state index in [2.05, 4.69) is 0 Å². The Balaban J connectivity index is 2.46. The van der Waals surface area contributed by atoms with Crippen LogP contribution < -0.4 is 0 Å². The van der Waals surface area contributed by atoms with Gasteiger partial charge in [-0.15, -0.1) is 0 Å². The van der Waals surface area contributed by atoms with Gasteiger partial charge in [-0.25, -0.2) is 4.39 Å². The smallest absolute Gasteiger partial charge is 0.165 e. The summed E-state index contributed by atoms with van der Waals surface area (Å²) < 4.78 is 13.1. The maximum absolute atomic E-state index is 13.1. The molecule has 16 heavy (non-hydrogen) atoms. The highest BCUT2D eigenvalue weighted by Gasteiger charge is 2.04. The van der Waals surface area contributed by atoms with E-state index in [0.717, 1.165) is 11.1 Å². The van der Waals surface area contributed by atoms with E-state index in [4.69, 9.17) is 10.2 Å². The summed E-state index contributed by atoms with van der Waals surface area (Å²) in [6, 6.07) is 11.4. The second-order valence-electron chi connectivity index (χ2n) is 3.52. The summed E-state index contributed by atoms with van der Waals surface area (Å²) in [5, 5.41) is 18.1. The summed E-state index contributed by atoms with van der Waals surface area (Å²) in [7, 11) is 0. The number of halogens is 1. The zero-order chi connectivity index (χ0) is 11.5. The van der Waals surface area contributed by atoms with Gasteiger partial charge in [-0.2, -0.15) is 0 Å². The summed E-state index contributed by atoms with van der Waals surface area (Å²) in [5.41, 5.74) is 2.25. The van der Waals surface area contributed by atoms with Gasteiger partial charge < -0.3 is 10.2 Å². The molecule has 0 fully saturated rings. The molecule has 2 rings (SSSR count). The Hall–Kier alpha value is -1.87. The number of aliphatic hydroxyl groups is 1. The zero-order valence-corrected chi connectivity index (χ0v) is 8.52. The van der Waals surface area contributed by atoms with Crippen molar-refractivity contribution < 1.29 is 14.6 Å². The van der Waals surface area contributed by atoms with Crippen LogP contribution in [0.5, 0.6) is 5.75 Å². The van der Waals surface area contributed by atoms with E-state index in [1.807, 2.05) is 6.07 Å². The molecule has 0 bridgehead atoms. The van der Waals surface area contributed by atoms with Crippen molar-refractivity contribution >= 4 is 0 Å². The Morgan fingerprint density at radius 1 is 1.00 bits per heavy atom. The van der Waals surface area contributed by atoms with Crippen molar-refractivity contribution in [3.8, 4) is 16.9 Å². The van der Waals surface area contributed by atoms with Crippen LogP contribution in [0.15, 0.2) is 42.5 Å². The lowest BCUT2D eigenvalue weighted by Gasteiger charge is -2.04. The van der Waals surface area contributed by atoms with Crippen molar-refractivity contribution in [2.45, 2.75) is 6.61 Å². The maximum atomic E-state index is 13.1. The molecule has 82 valence electrons. The first-order valence-corrected chi connectivity index (χ1v) is 4.89. The number of rotatable bonds is 2. The fourth-order valence-corrected chi connectivity index (χ4v) is 1.54. The van der Waals surface area contributed by atoms with Crippen molar-refractivity contribution in [1.82, 2.24) is 0 Å². The van der Waals surface area contributed by atoms with Crippen LogP contribution in [0, 0.1) is 5.82 Å². The Morgan fingerprint density at radius 2 is 1.75 bits per heavy atom. The van der Waals surface area contributed by atoms with Gasteiger partial charge in [0.25, 0.3) is 0 Å².